The second-order valence-corrected chi connectivity index (χ2v) is 5.97. The Balaban J connectivity index is 2.35. The van der Waals surface area contributed by atoms with Crippen LogP contribution in [0.15, 0.2) is 48.8 Å². The molecule has 1 heterocycles. The first-order chi connectivity index (χ1) is 8.79. The van der Waals surface area contributed by atoms with Crippen molar-refractivity contribution in [3.05, 3.63) is 55.9 Å². The van der Waals surface area contributed by atoms with Crippen molar-refractivity contribution < 1.29 is 0 Å². The first-order valence-corrected chi connectivity index (χ1v) is 7.58. The van der Waals surface area contributed by atoms with Gasteiger partial charge >= 0.3 is 0 Å². The van der Waals surface area contributed by atoms with Crippen LogP contribution >= 0.6 is 45.2 Å². The average Bonchev–Trinajstić information content (AvgIpc) is 2.60. The van der Waals surface area contributed by atoms with Crippen LogP contribution in [0, 0.1) is 7.14 Å². The summed E-state index contributed by atoms with van der Waals surface area (Å²) in [6.07, 6.45) is 3.57. The van der Waals surface area contributed by atoms with Crippen molar-refractivity contribution in [2.24, 2.45) is 0 Å². The lowest BCUT2D eigenvalue weighted by Crippen LogP contribution is -1.88. The molecular formula is C14H8I2N2. The summed E-state index contributed by atoms with van der Waals surface area (Å²) in [7, 11) is 0. The Morgan fingerprint density at radius 1 is 0.722 bits per heavy atom. The molecule has 0 bridgehead atoms. The molecule has 1 aromatic heterocycles. The lowest BCUT2D eigenvalue weighted by molar-refractivity contribution is 1.17. The summed E-state index contributed by atoms with van der Waals surface area (Å²) in [6, 6.07) is 12.3. The zero-order valence-corrected chi connectivity index (χ0v) is 13.6. The van der Waals surface area contributed by atoms with Gasteiger partial charge in [-0.25, -0.2) is 9.97 Å². The summed E-state index contributed by atoms with van der Waals surface area (Å²) in [4.78, 5) is 8.72. The van der Waals surface area contributed by atoms with Crippen molar-refractivity contribution in [1.29, 1.82) is 0 Å². The maximum Gasteiger partial charge on any atom is 0.161 e. The first-order valence-electron chi connectivity index (χ1n) is 5.42. The van der Waals surface area contributed by atoms with Crippen LogP contribution in [0.3, 0.4) is 0 Å². The molecule has 0 amide bonds. The van der Waals surface area contributed by atoms with E-state index in [-0.39, 0.29) is 0 Å². The SMILES string of the molecule is Ic1c2cccccc-2c(I)c1-c1ncccn1. The largest absolute Gasteiger partial charge is 0.237 e. The Bertz CT molecular complexity index is 631. The highest BCUT2D eigenvalue weighted by molar-refractivity contribution is 14.1. The highest BCUT2D eigenvalue weighted by atomic mass is 127. The molecule has 2 aliphatic carbocycles. The van der Waals surface area contributed by atoms with Crippen molar-refractivity contribution in [1.82, 2.24) is 9.97 Å². The number of rotatable bonds is 1. The molecule has 0 radical (unpaired) electrons. The molecule has 0 aromatic carbocycles. The average molecular weight is 458 g/mol. The first kappa shape index (κ1) is 12.3. The molecule has 2 aliphatic rings. The summed E-state index contributed by atoms with van der Waals surface area (Å²) in [5.41, 5.74) is 3.65. The minimum Gasteiger partial charge on any atom is -0.237 e. The normalized spacial score (nSPS) is 10.8. The lowest BCUT2D eigenvalue weighted by atomic mass is 10.2. The number of fused-ring (bicyclic) bond motifs is 1. The van der Waals surface area contributed by atoms with Gasteiger partial charge in [0.05, 0.1) is 0 Å². The number of halogens is 2. The Labute approximate surface area is 132 Å². The predicted octanol–water partition coefficient (Wildman–Crippen LogP) is 4.46. The summed E-state index contributed by atoms with van der Waals surface area (Å²) in [6.45, 7) is 0. The van der Waals surface area contributed by atoms with Crippen LogP contribution in [0.2, 0.25) is 0 Å². The highest BCUT2D eigenvalue weighted by Gasteiger charge is 2.21. The van der Waals surface area contributed by atoms with Crippen molar-refractivity contribution in [3.8, 4) is 22.5 Å². The molecule has 2 nitrogen and oxygen atoms in total. The van der Waals surface area contributed by atoms with Gasteiger partial charge in [0.15, 0.2) is 5.82 Å². The van der Waals surface area contributed by atoms with E-state index in [0.717, 1.165) is 11.4 Å². The van der Waals surface area contributed by atoms with E-state index in [1.54, 1.807) is 12.4 Å². The zero-order valence-electron chi connectivity index (χ0n) is 9.27. The van der Waals surface area contributed by atoms with E-state index in [2.05, 4.69) is 79.4 Å². The van der Waals surface area contributed by atoms with Crippen LogP contribution in [0.25, 0.3) is 22.5 Å². The monoisotopic (exact) mass is 458 g/mol. The number of aromatic nitrogens is 2. The van der Waals surface area contributed by atoms with E-state index < -0.39 is 0 Å². The van der Waals surface area contributed by atoms with Crippen molar-refractivity contribution in [2.45, 2.75) is 0 Å². The standard InChI is InChI=1S/C14H8I2N2/c15-12-9-5-2-1-3-6-10(9)13(16)11(12)14-17-7-4-8-18-14/h1-8H. The van der Waals surface area contributed by atoms with E-state index in [1.165, 1.54) is 18.3 Å². The quantitative estimate of drug-likeness (QED) is 0.504. The molecule has 0 fully saturated rings. The second-order valence-electron chi connectivity index (χ2n) is 3.81. The third-order valence-electron chi connectivity index (χ3n) is 2.74. The van der Waals surface area contributed by atoms with Gasteiger partial charge in [-0.2, -0.15) is 0 Å². The van der Waals surface area contributed by atoms with Crippen molar-refractivity contribution in [2.75, 3.05) is 0 Å². The molecule has 0 saturated carbocycles. The molecule has 0 spiro atoms. The highest BCUT2D eigenvalue weighted by Crippen LogP contribution is 2.42. The smallest absolute Gasteiger partial charge is 0.161 e. The molecule has 3 rings (SSSR count). The van der Waals surface area contributed by atoms with Gasteiger partial charge in [-0.3, -0.25) is 0 Å². The molecule has 0 atom stereocenters. The third-order valence-corrected chi connectivity index (χ3v) is 4.98. The summed E-state index contributed by atoms with van der Waals surface area (Å²) in [5, 5.41) is 0. The fourth-order valence-corrected chi connectivity index (χ4v) is 4.40. The number of hydrogen-bond donors (Lipinski definition) is 0. The van der Waals surface area contributed by atoms with Crippen LogP contribution in [-0.2, 0) is 0 Å². The Morgan fingerprint density at radius 3 is 1.83 bits per heavy atom. The summed E-state index contributed by atoms with van der Waals surface area (Å²) >= 11 is 4.76. The Morgan fingerprint density at radius 2 is 1.28 bits per heavy atom. The number of hydrogen-bond acceptors (Lipinski definition) is 2. The van der Waals surface area contributed by atoms with Crippen LogP contribution in [-0.4, -0.2) is 9.97 Å². The van der Waals surface area contributed by atoms with Gasteiger partial charge in [0.1, 0.15) is 0 Å². The van der Waals surface area contributed by atoms with Crippen molar-refractivity contribution in [3.63, 3.8) is 0 Å². The van der Waals surface area contributed by atoms with Gasteiger partial charge in [0.2, 0.25) is 0 Å². The Hall–Kier alpha value is -0.760. The van der Waals surface area contributed by atoms with Crippen LogP contribution in [0.4, 0.5) is 0 Å². The molecule has 0 aliphatic heterocycles. The van der Waals surface area contributed by atoms with E-state index >= 15 is 0 Å². The molecule has 4 heteroatoms. The van der Waals surface area contributed by atoms with Crippen LogP contribution < -0.4 is 0 Å². The summed E-state index contributed by atoms with van der Waals surface area (Å²) in [5.74, 6) is 0.796. The molecule has 0 unspecified atom stereocenters. The van der Waals surface area contributed by atoms with Gasteiger partial charge in [0.25, 0.3) is 0 Å². The zero-order chi connectivity index (χ0) is 12.5. The van der Waals surface area contributed by atoms with E-state index in [9.17, 15) is 0 Å². The second kappa shape index (κ2) is 5.08. The molecule has 0 N–H and O–H groups in total. The van der Waals surface area contributed by atoms with Gasteiger partial charge in [-0.15, -0.1) is 0 Å². The minimum absolute atomic E-state index is 0.796. The fraction of sp³-hybridized carbons (Fsp3) is 0. The third kappa shape index (κ3) is 2.01. The van der Waals surface area contributed by atoms with E-state index in [0.29, 0.717) is 0 Å². The predicted molar refractivity (Wildman–Crippen MR) is 89.5 cm³/mol. The van der Waals surface area contributed by atoms with Crippen LogP contribution in [0.5, 0.6) is 0 Å². The maximum absolute atomic E-state index is 4.36. The minimum atomic E-state index is 0.796. The fourth-order valence-electron chi connectivity index (χ4n) is 1.92. The number of nitrogens with zero attached hydrogens (tertiary/aromatic N) is 2. The van der Waals surface area contributed by atoms with Gasteiger partial charge in [-0.1, -0.05) is 30.3 Å². The van der Waals surface area contributed by atoms with Gasteiger partial charge < -0.3 is 0 Å². The van der Waals surface area contributed by atoms with E-state index in [1.807, 2.05) is 12.1 Å². The summed E-state index contributed by atoms with van der Waals surface area (Å²) < 4.78 is 2.43. The maximum atomic E-state index is 4.36. The molecule has 0 saturated heterocycles. The lowest BCUT2D eigenvalue weighted by Gasteiger charge is -1.98. The molecule has 1 aromatic rings. The topological polar surface area (TPSA) is 25.8 Å². The van der Waals surface area contributed by atoms with Crippen LogP contribution in [0.1, 0.15) is 0 Å². The van der Waals surface area contributed by atoms with E-state index in [4.69, 9.17) is 0 Å². The van der Waals surface area contributed by atoms with Gasteiger partial charge in [-0.05, 0) is 62.4 Å². The van der Waals surface area contributed by atoms with Gasteiger partial charge in [0, 0.05) is 25.1 Å². The molecular weight excluding hydrogens is 450 g/mol. The van der Waals surface area contributed by atoms with Crippen molar-refractivity contribution >= 4 is 45.2 Å². The Kier molecular flexibility index (Phi) is 3.47. The molecule has 18 heavy (non-hydrogen) atoms. The molecule has 88 valence electrons.